The standard InChI is InChI=1S/C23H25NO8S/c1-30-18-7-4-15(5-8-18)21(25)16-10-12-24(13-11-16)33(28,29)20-14-17(22(26)31-2)6-9-19(20)23(27)32-3/h4-9,14,16H,10-13H2,1-3H3. The summed E-state index contributed by atoms with van der Waals surface area (Å²) < 4.78 is 42.4. The maximum absolute atomic E-state index is 13.4. The lowest BCUT2D eigenvalue weighted by Crippen LogP contribution is -2.40. The second-order valence-corrected chi connectivity index (χ2v) is 9.37. The molecule has 1 aliphatic heterocycles. The van der Waals surface area contributed by atoms with Gasteiger partial charge in [0.1, 0.15) is 5.75 Å². The highest BCUT2D eigenvalue weighted by Gasteiger charge is 2.35. The van der Waals surface area contributed by atoms with E-state index in [-0.39, 0.29) is 40.8 Å². The van der Waals surface area contributed by atoms with Crippen molar-refractivity contribution in [1.29, 1.82) is 0 Å². The number of ether oxygens (including phenoxy) is 3. The molecule has 0 amide bonds. The molecule has 2 aromatic carbocycles. The van der Waals surface area contributed by atoms with Crippen molar-refractivity contribution < 1.29 is 37.0 Å². The van der Waals surface area contributed by atoms with Crippen LogP contribution >= 0.6 is 0 Å². The molecule has 2 aromatic rings. The molecule has 10 heteroatoms. The Hall–Kier alpha value is -3.24. The van der Waals surface area contributed by atoms with Gasteiger partial charge in [0.05, 0.1) is 37.4 Å². The summed E-state index contributed by atoms with van der Waals surface area (Å²) in [5.41, 5.74) is 0.353. The van der Waals surface area contributed by atoms with E-state index in [1.165, 1.54) is 23.5 Å². The van der Waals surface area contributed by atoms with Crippen molar-refractivity contribution >= 4 is 27.7 Å². The summed E-state index contributed by atoms with van der Waals surface area (Å²) in [6.07, 6.45) is 0.655. The van der Waals surface area contributed by atoms with Crippen LogP contribution in [0, 0.1) is 5.92 Å². The predicted molar refractivity (Wildman–Crippen MR) is 118 cm³/mol. The molecular formula is C23H25NO8S. The van der Waals surface area contributed by atoms with Crippen LogP contribution in [0.4, 0.5) is 0 Å². The minimum absolute atomic E-state index is 0.00621. The van der Waals surface area contributed by atoms with Crippen LogP contribution in [0.25, 0.3) is 0 Å². The van der Waals surface area contributed by atoms with Gasteiger partial charge in [0.25, 0.3) is 0 Å². The van der Waals surface area contributed by atoms with E-state index in [0.29, 0.717) is 24.2 Å². The molecule has 0 bridgehead atoms. The molecule has 0 radical (unpaired) electrons. The summed E-state index contributed by atoms with van der Waals surface area (Å²) >= 11 is 0. The fourth-order valence-electron chi connectivity index (χ4n) is 3.75. The van der Waals surface area contributed by atoms with E-state index < -0.39 is 22.0 Å². The molecule has 9 nitrogen and oxygen atoms in total. The Labute approximate surface area is 192 Å². The molecule has 176 valence electrons. The second kappa shape index (κ2) is 10.1. The summed E-state index contributed by atoms with van der Waals surface area (Å²) in [6.45, 7) is 0.190. The third kappa shape index (κ3) is 5.07. The number of methoxy groups -OCH3 is 3. The van der Waals surface area contributed by atoms with E-state index in [2.05, 4.69) is 4.74 Å². The fourth-order valence-corrected chi connectivity index (χ4v) is 5.42. The van der Waals surface area contributed by atoms with Crippen LogP contribution in [0.15, 0.2) is 47.4 Å². The molecule has 0 N–H and O–H groups in total. The average molecular weight is 476 g/mol. The Morgan fingerprint density at radius 1 is 0.848 bits per heavy atom. The smallest absolute Gasteiger partial charge is 0.339 e. The van der Waals surface area contributed by atoms with Gasteiger partial charge in [-0.15, -0.1) is 0 Å². The topological polar surface area (TPSA) is 116 Å². The molecule has 0 saturated carbocycles. The normalized spacial score (nSPS) is 15.0. The summed E-state index contributed by atoms with van der Waals surface area (Å²) in [5, 5.41) is 0. The minimum atomic E-state index is -4.14. The van der Waals surface area contributed by atoms with Gasteiger partial charge < -0.3 is 14.2 Å². The van der Waals surface area contributed by atoms with Crippen LogP contribution in [0.1, 0.15) is 43.9 Å². The highest BCUT2D eigenvalue weighted by atomic mass is 32.2. The van der Waals surface area contributed by atoms with E-state index in [0.717, 1.165) is 13.2 Å². The van der Waals surface area contributed by atoms with Gasteiger partial charge in [0, 0.05) is 24.6 Å². The van der Waals surface area contributed by atoms with Crippen molar-refractivity contribution in [2.75, 3.05) is 34.4 Å². The summed E-state index contributed by atoms with van der Waals surface area (Å²) in [4.78, 5) is 36.6. The lowest BCUT2D eigenvalue weighted by Gasteiger charge is -2.31. The zero-order valence-electron chi connectivity index (χ0n) is 18.6. The van der Waals surface area contributed by atoms with Crippen LogP contribution in [0.2, 0.25) is 0 Å². The van der Waals surface area contributed by atoms with Gasteiger partial charge in [0.15, 0.2) is 5.78 Å². The molecule has 0 spiro atoms. The third-order valence-corrected chi connectivity index (χ3v) is 7.56. The van der Waals surface area contributed by atoms with Crippen molar-refractivity contribution in [1.82, 2.24) is 4.31 Å². The van der Waals surface area contributed by atoms with Crippen molar-refractivity contribution in [2.24, 2.45) is 5.92 Å². The summed E-state index contributed by atoms with van der Waals surface area (Å²) in [5.74, 6) is -1.31. The SMILES string of the molecule is COC(=O)c1ccc(C(=O)OC)c(S(=O)(=O)N2CCC(C(=O)c3ccc(OC)cc3)CC2)c1. The Balaban J connectivity index is 1.82. The number of benzene rings is 2. The quantitative estimate of drug-likeness (QED) is 0.443. The molecule has 1 saturated heterocycles. The number of hydrogen-bond acceptors (Lipinski definition) is 8. The Morgan fingerprint density at radius 2 is 1.42 bits per heavy atom. The number of hydrogen-bond donors (Lipinski definition) is 0. The maximum atomic E-state index is 13.4. The second-order valence-electron chi connectivity index (χ2n) is 7.47. The number of Topliss-reactive ketones (excluding diaryl/α,β-unsaturated/α-hetero) is 1. The predicted octanol–water partition coefficient (Wildman–Crippen LogP) is 2.55. The Kier molecular flexibility index (Phi) is 7.50. The molecule has 0 aromatic heterocycles. The van der Waals surface area contributed by atoms with Crippen molar-refractivity contribution in [3.63, 3.8) is 0 Å². The van der Waals surface area contributed by atoms with Gasteiger partial charge in [-0.05, 0) is 55.3 Å². The number of rotatable bonds is 7. The van der Waals surface area contributed by atoms with Crippen LogP contribution < -0.4 is 4.74 Å². The first kappa shape index (κ1) is 24.4. The Morgan fingerprint density at radius 3 is 1.97 bits per heavy atom. The highest BCUT2D eigenvalue weighted by molar-refractivity contribution is 7.89. The minimum Gasteiger partial charge on any atom is -0.497 e. The van der Waals surface area contributed by atoms with E-state index in [1.54, 1.807) is 31.4 Å². The van der Waals surface area contributed by atoms with Gasteiger partial charge in [0.2, 0.25) is 10.0 Å². The van der Waals surface area contributed by atoms with Crippen molar-refractivity contribution in [3.8, 4) is 5.75 Å². The molecule has 1 fully saturated rings. The molecule has 3 rings (SSSR count). The molecule has 1 aliphatic rings. The lowest BCUT2D eigenvalue weighted by molar-refractivity contribution is 0.0583. The first-order valence-electron chi connectivity index (χ1n) is 10.2. The van der Waals surface area contributed by atoms with E-state index in [9.17, 15) is 22.8 Å². The van der Waals surface area contributed by atoms with Crippen LogP contribution in [0.5, 0.6) is 5.75 Å². The number of carbonyl (C=O) groups excluding carboxylic acids is 3. The summed E-state index contributed by atoms with van der Waals surface area (Å²) in [6, 6.07) is 10.4. The van der Waals surface area contributed by atoms with Crippen LogP contribution in [0.3, 0.4) is 0 Å². The molecular weight excluding hydrogens is 450 g/mol. The summed E-state index contributed by atoms with van der Waals surface area (Å²) in [7, 11) is -0.279. The Bertz CT molecular complexity index is 1150. The number of nitrogens with zero attached hydrogens (tertiary/aromatic N) is 1. The average Bonchev–Trinajstić information content (AvgIpc) is 2.87. The van der Waals surface area contributed by atoms with E-state index in [4.69, 9.17) is 9.47 Å². The first-order valence-corrected chi connectivity index (χ1v) is 11.7. The molecule has 0 aliphatic carbocycles. The number of piperidine rings is 1. The van der Waals surface area contributed by atoms with Gasteiger partial charge in [-0.1, -0.05) is 0 Å². The van der Waals surface area contributed by atoms with Gasteiger partial charge in [-0.2, -0.15) is 4.31 Å². The monoisotopic (exact) mass is 475 g/mol. The third-order valence-electron chi connectivity index (χ3n) is 5.63. The number of esters is 2. The first-order chi connectivity index (χ1) is 15.7. The van der Waals surface area contributed by atoms with Crippen molar-refractivity contribution in [2.45, 2.75) is 17.7 Å². The fraction of sp³-hybridized carbons (Fsp3) is 0.348. The zero-order chi connectivity index (χ0) is 24.2. The molecule has 0 atom stereocenters. The van der Waals surface area contributed by atoms with Crippen LogP contribution in [-0.2, 0) is 19.5 Å². The van der Waals surface area contributed by atoms with Crippen LogP contribution in [-0.4, -0.2) is 64.9 Å². The molecule has 1 heterocycles. The number of carbonyl (C=O) groups is 3. The number of sulfonamides is 1. The lowest BCUT2D eigenvalue weighted by atomic mass is 9.89. The van der Waals surface area contributed by atoms with E-state index >= 15 is 0 Å². The molecule has 33 heavy (non-hydrogen) atoms. The van der Waals surface area contributed by atoms with Gasteiger partial charge in [-0.3, -0.25) is 4.79 Å². The van der Waals surface area contributed by atoms with Gasteiger partial charge in [-0.25, -0.2) is 18.0 Å². The highest BCUT2D eigenvalue weighted by Crippen LogP contribution is 2.29. The number of ketones is 1. The van der Waals surface area contributed by atoms with Gasteiger partial charge >= 0.3 is 11.9 Å². The maximum Gasteiger partial charge on any atom is 0.339 e. The van der Waals surface area contributed by atoms with E-state index in [1.807, 2.05) is 0 Å². The zero-order valence-corrected chi connectivity index (χ0v) is 19.4. The van der Waals surface area contributed by atoms with Crippen molar-refractivity contribution in [3.05, 3.63) is 59.2 Å². The largest absolute Gasteiger partial charge is 0.497 e. The molecule has 0 unspecified atom stereocenters.